The zero-order valence-corrected chi connectivity index (χ0v) is 22.1. The molecule has 1 saturated carbocycles. The van der Waals surface area contributed by atoms with Crippen LogP contribution in [0.1, 0.15) is 99.3 Å². The van der Waals surface area contributed by atoms with Crippen molar-refractivity contribution in [1.82, 2.24) is 0 Å². The summed E-state index contributed by atoms with van der Waals surface area (Å²) in [5.74, 6) is 1.10. The molecule has 0 radical (unpaired) electrons. The van der Waals surface area contributed by atoms with E-state index in [1.165, 1.54) is 55.2 Å². The van der Waals surface area contributed by atoms with Crippen molar-refractivity contribution in [3.63, 3.8) is 0 Å². The van der Waals surface area contributed by atoms with E-state index in [1.807, 2.05) is 19.9 Å². The third-order valence-electron chi connectivity index (χ3n) is 6.90. The van der Waals surface area contributed by atoms with E-state index in [-0.39, 0.29) is 11.5 Å². The second kappa shape index (κ2) is 17.0. The molecule has 0 aliphatic heterocycles. The molecule has 0 amide bonds. The van der Waals surface area contributed by atoms with Crippen LogP contribution in [-0.4, -0.2) is 11.2 Å². The van der Waals surface area contributed by atoms with Crippen LogP contribution in [0.2, 0.25) is 0 Å². The molecule has 0 aromatic heterocycles. The maximum absolute atomic E-state index is 10.8. The fraction of sp³-hybridized carbons (Fsp3) is 0.613. The van der Waals surface area contributed by atoms with Gasteiger partial charge in [-0.25, -0.2) is 0 Å². The fourth-order valence-corrected chi connectivity index (χ4v) is 5.20. The minimum Gasteiger partial charge on any atom is -0.393 e. The molecular weight excluding hydrogens is 388 g/mol. The van der Waals surface area contributed by atoms with Gasteiger partial charge >= 0.3 is 0 Å². The van der Waals surface area contributed by atoms with Crippen LogP contribution in [0.15, 0.2) is 72.9 Å². The van der Waals surface area contributed by atoms with Gasteiger partial charge in [0.2, 0.25) is 0 Å². The van der Waals surface area contributed by atoms with E-state index in [1.54, 1.807) is 0 Å². The molecule has 3 aliphatic rings. The summed E-state index contributed by atoms with van der Waals surface area (Å²) in [4.78, 5) is 0. The van der Waals surface area contributed by atoms with Gasteiger partial charge in [-0.15, -0.1) is 13.2 Å². The Labute approximate surface area is 200 Å². The summed E-state index contributed by atoms with van der Waals surface area (Å²) < 4.78 is 0. The maximum atomic E-state index is 10.8. The molecule has 0 bridgehead atoms. The van der Waals surface area contributed by atoms with Gasteiger partial charge in [0.1, 0.15) is 0 Å². The van der Waals surface area contributed by atoms with Gasteiger partial charge in [0.15, 0.2) is 0 Å². The van der Waals surface area contributed by atoms with Crippen molar-refractivity contribution in [2.75, 3.05) is 0 Å². The molecule has 182 valence electrons. The number of fused-ring (bicyclic) bond motifs is 1. The van der Waals surface area contributed by atoms with E-state index < -0.39 is 0 Å². The predicted molar refractivity (Wildman–Crippen MR) is 146 cm³/mol. The molecule has 4 atom stereocenters. The van der Waals surface area contributed by atoms with Crippen LogP contribution in [0.5, 0.6) is 0 Å². The van der Waals surface area contributed by atoms with Crippen LogP contribution >= 0.6 is 0 Å². The molecule has 3 rings (SSSR count). The van der Waals surface area contributed by atoms with Crippen LogP contribution in [0.25, 0.3) is 0 Å². The van der Waals surface area contributed by atoms with Crippen LogP contribution in [0, 0.1) is 17.3 Å². The monoisotopic (exact) mass is 440 g/mol. The molecule has 1 N–H and O–H groups in total. The highest BCUT2D eigenvalue weighted by molar-refractivity contribution is 5.36. The van der Waals surface area contributed by atoms with Crippen molar-refractivity contribution in [2.24, 2.45) is 17.3 Å². The first kappa shape index (κ1) is 30.4. The zero-order chi connectivity index (χ0) is 24.6. The van der Waals surface area contributed by atoms with E-state index in [2.05, 4.69) is 77.8 Å². The quantitative estimate of drug-likeness (QED) is 0.433. The van der Waals surface area contributed by atoms with E-state index >= 15 is 0 Å². The highest BCUT2D eigenvalue weighted by atomic mass is 16.3. The topological polar surface area (TPSA) is 20.2 Å². The summed E-state index contributed by atoms with van der Waals surface area (Å²) in [6.07, 6.45) is 23.2. The first-order chi connectivity index (χ1) is 15.4. The Hall–Kier alpha value is -1.60. The SMILES string of the molecule is C=C.C=C/C=C1/CCC2/C(=C\CC(C)CCCC2O)C1(C)CCC.CC.CC1=CC=CC1. The second-order valence-electron chi connectivity index (χ2n) is 9.30. The van der Waals surface area contributed by atoms with Crippen LogP contribution in [-0.2, 0) is 0 Å². The van der Waals surface area contributed by atoms with E-state index in [0.29, 0.717) is 5.92 Å². The second-order valence-corrected chi connectivity index (χ2v) is 9.30. The first-order valence-corrected chi connectivity index (χ1v) is 12.9. The van der Waals surface area contributed by atoms with Gasteiger partial charge < -0.3 is 5.11 Å². The highest BCUT2D eigenvalue weighted by Crippen LogP contribution is 2.52. The van der Waals surface area contributed by atoms with Gasteiger partial charge in [-0.2, -0.15) is 0 Å². The Bertz CT molecular complexity index is 647. The molecule has 1 heteroatoms. The van der Waals surface area contributed by atoms with Crippen molar-refractivity contribution in [1.29, 1.82) is 0 Å². The van der Waals surface area contributed by atoms with Gasteiger partial charge in [0.05, 0.1) is 6.10 Å². The minimum absolute atomic E-state index is 0.122. The smallest absolute Gasteiger partial charge is 0.0605 e. The summed E-state index contributed by atoms with van der Waals surface area (Å²) >= 11 is 0. The normalized spacial score (nSPS) is 31.8. The standard InChI is InChI=1S/C21H34O.C6H8.C2H6.C2H4/c1-5-8-17-12-13-18-19(21(17,4)15-6-2)14-11-16(3)9-7-10-20(18)22;1-6-4-2-3-5-6;2*1-2/h5,8,14,16,18,20,22H,1,6-7,9-13,15H2,2-4H3;2-4H,5H2,1H3;1-2H3;1-2H2/b17-8-,19-14+;;;. The predicted octanol–water partition coefficient (Wildman–Crippen LogP) is 9.53. The van der Waals surface area contributed by atoms with Crippen molar-refractivity contribution >= 4 is 0 Å². The van der Waals surface area contributed by atoms with E-state index in [9.17, 15) is 5.11 Å². The lowest BCUT2D eigenvalue weighted by molar-refractivity contribution is 0.0894. The molecule has 0 spiro atoms. The molecule has 1 fully saturated rings. The lowest BCUT2D eigenvalue weighted by atomic mass is 9.60. The van der Waals surface area contributed by atoms with Gasteiger partial charge in [0.25, 0.3) is 0 Å². The molecule has 0 saturated heterocycles. The number of aliphatic hydroxyl groups is 1. The van der Waals surface area contributed by atoms with Crippen molar-refractivity contribution in [3.05, 3.63) is 72.9 Å². The molecule has 0 aromatic rings. The minimum atomic E-state index is -0.155. The van der Waals surface area contributed by atoms with Gasteiger partial charge in [-0.1, -0.05) is 114 Å². The summed E-state index contributed by atoms with van der Waals surface area (Å²) in [5.41, 5.74) is 4.63. The van der Waals surface area contributed by atoms with E-state index in [4.69, 9.17) is 0 Å². The molecular formula is C31H52O. The van der Waals surface area contributed by atoms with Gasteiger partial charge in [-0.3, -0.25) is 0 Å². The van der Waals surface area contributed by atoms with Gasteiger partial charge in [0, 0.05) is 11.3 Å². The van der Waals surface area contributed by atoms with Gasteiger partial charge in [-0.05, 0) is 51.4 Å². The Balaban J connectivity index is 0.000000805. The number of allylic oxidation sites excluding steroid dienone is 8. The summed E-state index contributed by atoms with van der Waals surface area (Å²) in [5, 5.41) is 10.8. The third kappa shape index (κ3) is 9.10. The molecule has 32 heavy (non-hydrogen) atoms. The summed E-state index contributed by atoms with van der Waals surface area (Å²) in [6, 6.07) is 0. The highest BCUT2D eigenvalue weighted by Gasteiger charge is 2.42. The van der Waals surface area contributed by atoms with Crippen LogP contribution in [0.3, 0.4) is 0 Å². The Morgan fingerprint density at radius 1 is 1.19 bits per heavy atom. The molecule has 0 heterocycles. The Morgan fingerprint density at radius 3 is 2.38 bits per heavy atom. The van der Waals surface area contributed by atoms with Crippen molar-refractivity contribution in [2.45, 2.75) is 105 Å². The van der Waals surface area contributed by atoms with Crippen molar-refractivity contribution < 1.29 is 5.11 Å². The fourth-order valence-electron chi connectivity index (χ4n) is 5.20. The maximum Gasteiger partial charge on any atom is 0.0605 e. The van der Waals surface area contributed by atoms with Crippen LogP contribution < -0.4 is 0 Å². The zero-order valence-electron chi connectivity index (χ0n) is 22.1. The average molecular weight is 441 g/mol. The number of hydrogen-bond acceptors (Lipinski definition) is 1. The average Bonchev–Trinajstić information content (AvgIpc) is 3.30. The molecule has 0 aromatic carbocycles. The Morgan fingerprint density at radius 2 is 1.88 bits per heavy atom. The van der Waals surface area contributed by atoms with Crippen molar-refractivity contribution in [3.8, 4) is 0 Å². The van der Waals surface area contributed by atoms with E-state index in [0.717, 1.165) is 25.2 Å². The third-order valence-corrected chi connectivity index (χ3v) is 6.90. The molecule has 3 aliphatic carbocycles. The number of hydrogen-bond donors (Lipinski definition) is 1. The largest absolute Gasteiger partial charge is 0.393 e. The summed E-state index contributed by atoms with van der Waals surface area (Å²) in [7, 11) is 0. The molecule has 4 unspecified atom stereocenters. The summed E-state index contributed by atoms with van der Waals surface area (Å²) in [6.45, 7) is 23.1. The van der Waals surface area contributed by atoms with Crippen LogP contribution in [0.4, 0.5) is 0 Å². The lowest BCUT2D eigenvalue weighted by Gasteiger charge is -2.45. The molecule has 1 nitrogen and oxygen atoms in total. The number of rotatable bonds is 3. The Kier molecular flexibility index (Phi) is 16.1. The first-order valence-electron chi connectivity index (χ1n) is 12.9. The lowest BCUT2D eigenvalue weighted by Crippen LogP contribution is -2.37. The number of aliphatic hydroxyl groups excluding tert-OH is 1.